The first-order valence-electron chi connectivity index (χ1n) is 9.02. The molecule has 4 heteroatoms. The van der Waals surface area contributed by atoms with Crippen LogP contribution in [0.3, 0.4) is 0 Å². The van der Waals surface area contributed by atoms with Crippen molar-refractivity contribution in [2.75, 3.05) is 58.3 Å². The van der Waals surface area contributed by atoms with E-state index in [9.17, 15) is 0 Å². The van der Waals surface area contributed by atoms with Crippen molar-refractivity contribution < 1.29 is 0 Å². The van der Waals surface area contributed by atoms with E-state index in [1.165, 1.54) is 11.3 Å². The number of rotatable bonds is 7. The third-order valence-electron chi connectivity index (χ3n) is 4.90. The molecule has 2 unspecified atom stereocenters. The minimum absolute atomic E-state index is 0.466. The van der Waals surface area contributed by atoms with E-state index in [0.29, 0.717) is 12.1 Å². The predicted octanol–water partition coefficient (Wildman–Crippen LogP) is 2.43. The molecule has 23 heavy (non-hydrogen) atoms. The second kappa shape index (κ2) is 8.67. The van der Waals surface area contributed by atoms with Gasteiger partial charge in [0.25, 0.3) is 0 Å². The van der Waals surface area contributed by atoms with Crippen LogP contribution in [0, 0.1) is 0 Å². The number of piperazine rings is 1. The lowest BCUT2D eigenvalue weighted by Crippen LogP contribution is -2.52. The molecule has 1 saturated heterocycles. The van der Waals surface area contributed by atoms with Crippen LogP contribution < -0.4 is 10.2 Å². The summed E-state index contributed by atoms with van der Waals surface area (Å²) in [5.41, 5.74) is 2.76. The first-order valence-corrected chi connectivity index (χ1v) is 9.02. The van der Waals surface area contributed by atoms with Crippen LogP contribution in [-0.2, 0) is 0 Å². The van der Waals surface area contributed by atoms with E-state index in [0.717, 1.165) is 39.3 Å². The number of nitrogens with zero attached hydrogens (tertiary/aromatic N) is 3. The van der Waals surface area contributed by atoms with E-state index in [4.69, 9.17) is 0 Å². The van der Waals surface area contributed by atoms with Gasteiger partial charge in [-0.25, -0.2) is 0 Å². The van der Waals surface area contributed by atoms with Crippen LogP contribution in [0.25, 0.3) is 0 Å². The van der Waals surface area contributed by atoms with Gasteiger partial charge in [-0.3, -0.25) is 4.90 Å². The van der Waals surface area contributed by atoms with Gasteiger partial charge in [-0.05, 0) is 52.6 Å². The number of benzene rings is 1. The van der Waals surface area contributed by atoms with Crippen LogP contribution in [0.1, 0.15) is 32.4 Å². The molecule has 0 spiro atoms. The summed E-state index contributed by atoms with van der Waals surface area (Å²) >= 11 is 0. The van der Waals surface area contributed by atoms with E-state index in [1.54, 1.807) is 0 Å². The molecule has 1 aromatic carbocycles. The smallest absolute Gasteiger partial charge is 0.0478 e. The molecule has 1 aliphatic heterocycles. The highest BCUT2D eigenvalue weighted by molar-refractivity contribution is 5.48. The molecule has 0 saturated carbocycles. The third kappa shape index (κ3) is 4.69. The molecule has 1 fully saturated rings. The topological polar surface area (TPSA) is 21.8 Å². The summed E-state index contributed by atoms with van der Waals surface area (Å²) in [6.45, 7) is 13.2. The average molecular weight is 319 g/mol. The molecule has 1 aliphatic rings. The van der Waals surface area contributed by atoms with Gasteiger partial charge in [0.2, 0.25) is 0 Å². The molecule has 2 rings (SSSR count). The monoisotopic (exact) mass is 318 g/mol. The Morgan fingerprint density at radius 1 is 1.17 bits per heavy atom. The maximum atomic E-state index is 3.50. The Morgan fingerprint density at radius 3 is 2.35 bits per heavy atom. The van der Waals surface area contributed by atoms with Gasteiger partial charge in [-0.15, -0.1) is 0 Å². The van der Waals surface area contributed by atoms with Gasteiger partial charge in [0.1, 0.15) is 0 Å². The van der Waals surface area contributed by atoms with Crippen molar-refractivity contribution in [1.29, 1.82) is 0 Å². The van der Waals surface area contributed by atoms with E-state index < -0.39 is 0 Å². The Balaban J connectivity index is 2.21. The molecule has 1 heterocycles. The zero-order valence-electron chi connectivity index (χ0n) is 15.5. The van der Waals surface area contributed by atoms with Crippen molar-refractivity contribution in [2.24, 2.45) is 0 Å². The molecule has 4 nitrogen and oxygen atoms in total. The quantitative estimate of drug-likeness (QED) is 0.833. The number of hydrogen-bond acceptors (Lipinski definition) is 4. The Hall–Kier alpha value is -1.10. The lowest BCUT2D eigenvalue weighted by atomic mass is 10.0. The maximum Gasteiger partial charge on any atom is 0.0478 e. The standard InChI is InChI=1S/C19H34N4/c1-6-22(7-2)18-10-8-17(9-11-18)19(15-21(4)5)23-13-12-20-14-16(23)3/h8-11,16,19-20H,6-7,12-15H2,1-5H3. The molecule has 0 aliphatic carbocycles. The molecule has 0 aromatic heterocycles. The molecule has 1 aromatic rings. The van der Waals surface area contributed by atoms with Gasteiger partial charge in [0.15, 0.2) is 0 Å². The Labute approximate surface area is 142 Å². The minimum atomic E-state index is 0.466. The molecule has 1 N–H and O–H groups in total. The molecular weight excluding hydrogens is 284 g/mol. The maximum absolute atomic E-state index is 3.50. The Morgan fingerprint density at radius 2 is 1.83 bits per heavy atom. The van der Waals surface area contributed by atoms with Gasteiger partial charge in [-0.2, -0.15) is 0 Å². The highest BCUT2D eigenvalue weighted by Gasteiger charge is 2.27. The van der Waals surface area contributed by atoms with Crippen LogP contribution in [0.15, 0.2) is 24.3 Å². The van der Waals surface area contributed by atoms with Crippen molar-refractivity contribution in [3.8, 4) is 0 Å². The molecule has 130 valence electrons. The number of likely N-dealkylation sites (N-methyl/N-ethyl adjacent to an activating group) is 1. The summed E-state index contributed by atoms with van der Waals surface area (Å²) in [5.74, 6) is 0. The average Bonchev–Trinajstić information content (AvgIpc) is 2.55. The molecule has 0 bridgehead atoms. The van der Waals surface area contributed by atoms with Crippen molar-refractivity contribution in [3.63, 3.8) is 0 Å². The molecule has 0 radical (unpaired) electrons. The largest absolute Gasteiger partial charge is 0.372 e. The highest BCUT2D eigenvalue weighted by Crippen LogP contribution is 2.26. The van der Waals surface area contributed by atoms with Crippen molar-refractivity contribution in [3.05, 3.63) is 29.8 Å². The SMILES string of the molecule is CCN(CC)c1ccc(C(CN(C)C)N2CCNCC2C)cc1. The summed E-state index contributed by atoms with van der Waals surface area (Å²) < 4.78 is 0. The normalized spacial score (nSPS) is 20.7. The molecular formula is C19H34N4. The van der Waals surface area contributed by atoms with Crippen LogP contribution in [0.5, 0.6) is 0 Å². The summed E-state index contributed by atoms with van der Waals surface area (Å²) in [6, 6.07) is 10.3. The fourth-order valence-electron chi connectivity index (χ4n) is 3.56. The summed E-state index contributed by atoms with van der Waals surface area (Å²) in [7, 11) is 4.34. The van der Waals surface area contributed by atoms with E-state index in [2.05, 4.69) is 79.1 Å². The zero-order chi connectivity index (χ0) is 16.8. The van der Waals surface area contributed by atoms with E-state index in [-0.39, 0.29) is 0 Å². The predicted molar refractivity (Wildman–Crippen MR) is 100 cm³/mol. The Kier molecular flexibility index (Phi) is 6.88. The molecule has 0 amide bonds. The molecule has 2 atom stereocenters. The van der Waals surface area contributed by atoms with Gasteiger partial charge in [-0.1, -0.05) is 12.1 Å². The first-order chi connectivity index (χ1) is 11.1. The lowest BCUT2D eigenvalue weighted by molar-refractivity contribution is 0.0968. The van der Waals surface area contributed by atoms with Crippen LogP contribution in [-0.4, -0.2) is 69.2 Å². The summed E-state index contributed by atoms with van der Waals surface area (Å²) in [6.07, 6.45) is 0. The lowest BCUT2D eigenvalue weighted by Gasteiger charge is -2.41. The summed E-state index contributed by atoms with van der Waals surface area (Å²) in [5, 5.41) is 3.50. The zero-order valence-corrected chi connectivity index (χ0v) is 15.5. The Bertz CT molecular complexity index is 453. The fraction of sp³-hybridized carbons (Fsp3) is 0.684. The minimum Gasteiger partial charge on any atom is -0.372 e. The summed E-state index contributed by atoms with van der Waals surface area (Å²) in [4.78, 5) is 7.36. The highest BCUT2D eigenvalue weighted by atomic mass is 15.3. The fourth-order valence-corrected chi connectivity index (χ4v) is 3.56. The first kappa shape index (κ1) is 18.2. The number of anilines is 1. The van der Waals surface area contributed by atoms with Crippen molar-refractivity contribution in [1.82, 2.24) is 15.1 Å². The number of hydrogen-bond donors (Lipinski definition) is 1. The van der Waals surface area contributed by atoms with Crippen molar-refractivity contribution in [2.45, 2.75) is 32.9 Å². The second-order valence-corrected chi connectivity index (χ2v) is 6.83. The second-order valence-electron chi connectivity index (χ2n) is 6.83. The van der Waals surface area contributed by atoms with Crippen LogP contribution in [0.4, 0.5) is 5.69 Å². The van der Waals surface area contributed by atoms with Crippen molar-refractivity contribution >= 4 is 5.69 Å². The van der Waals surface area contributed by atoms with Crippen LogP contribution in [0.2, 0.25) is 0 Å². The van der Waals surface area contributed by atoms with Gasteiger partial charge in [0.05, 0.1) is 0 Å². The van der Waals surface area contributed by atoms with E-state index in [1.807, 2.05) is 0 Å². The van der Waals surface area contributed by atoms with Gasteiger partial charge in [0, 0.05) is 57.0 Å². The van der Waals surface area contributed by atoms with Gasteiger partial charge < -0.3 is 15.1 Å². The van der Waals surface area contributed by atoms with Crippen LogP contribution >= 0.6 is 0 Å². The van der Waals surface area contributed by atoms with Gasteiger partial charge >= 0.3 is 0 Å². The number of nitrogens with one attached hydrogen (secondary N) is 1. The van der Waals surface area contributed by atoms with E-state index >= 15 is 0 Å². The third-order valence-corrected chi connectivity index (χ3v) is 4.90.